The summed E-state index contributed by atoms with van der Waals surface area (Å²) < 4.78 is 1.65. The fourth-order valence-corrected chi connectivity index (χ4v) is 2.69. The quantitative estimate of drug-likeness (QED) is 0.788. The van der Waals surface area contributed by atoms with E-state index in [2.05, 4.69) is 15.4 Å². The summed E-state index contributed by atoms with van der Waals surface area (Å²) in [5.74, 6) is 0.431. The van der Waals surface area contributed by atoms with Crippen LogP contribution in [0.1, 0.15) is 11.4 Å². The number of carboxylic acid groups (broad SMARTS) is 1. The largest absolute Gasteiger partial charge is 0.465 e. The average molecular weight is 315 g/mol. The van der Waals surface area contributed by atoms with Crippen molar-refractivity contribution in [2.75, 3.05) is 0 Å². The van der Waals surface area contributed by atoms with E-state index in [9.17, 15) is 14.7 Å². The van der Waals surface area contributed by atoms with Gasteiger partial charge in [-0.2, -0.15) is 5.10 Å². The molecule has 3 rings (SSSR count). The van der Waals surface area contributed by atoms with Crippen LogP contribution in [0.4, 0.5) is 4.79 Å². The van der Waals surface area contributed by atoms with Gasteiger partial charge in [-0.05, 0) is 12.5 Å². The summed E-state index contributed by atoms with van der Waals surface area (Å²) in [5.41, 5.74) is 0.838. The highest BCUT2D eigenvalue weighted by Crippen LogP contribution is 2.19. The van der Waals surface area contributed by atoms with Crippen LogP contribution < -0.4 is 5.32 Å². The van der Waals surface area contributed by atoms with E-state index < -0.39 is 12.1 Å². The number of hydrogen-bond acceptors (Lipinski definition) is 4. The second-order valence-electron chi connectivity index (χ2n) is 5.45. The van der Waals surface area contributed by atoms with Crippen molar-refractivity contribution in [3.05, 3.63) is 48.0 Å². The maximum atomic E-state index is 11.9. The fourth-order valence-electron chi connectivity index (χ4n) is 2.69. The third-order valence-corrected chi connectivity index (χ3v) is 3.93. The normalized spacial score (nSPS) is 19.8. The molecular formula is C15H17N5O3. The van der Waals surface area contributed by atoms with Gasteiger partial charge in [0.2, 0.25) is 5.91 Å². The highest BCUT2D eigenvalue weighted by atomic mass is 16.4. The van der Waals surface area contributed by atoms with Gasteiger partial charge in [-0.15, -0.1) is 0 Å². The Hall–Kier alpha value is -2.90. The Morgan fingerprint density at radius 2 is 2.13 bits per heavy atom. The molecule has 0 radical (unpaired) electrons. The molecule has 120 valence electrons. The van der Waals surface area contributed by atoms with Crippen LogP contribution in [0.5, 0.6) is 0 Å². The van der Waals surface area contributed by atoms with Crippen LogP contribution in [0.15, 0.2) is 36.7 Å². The first-order chi connectivity index (χ1) is 11.1. The summed E-state index contributed by atoms with van der Waals surface area (Å²) in [6.07, 6.45) is 0.318. The number of nitrogens with one attached hydrogen (secondary N) is 1. The molecule has 0 bridgehead atoms. The number of hydrogen-bond donors (Lipinski definition) is 2. The molecule has 1 aliphatic rings. The SMILES string of the molecule is Cc1ncnn1C[C@H]1NC(=O)[C@H]1N(Cc1ccccc1)C(=O)O. The number of amides is 2. The van der Waals surface area contributed by atoms with Gasteiger partial charge >= 0.3 is 6.09 Å². The van der Waals surface area contributed by atoms with Crippen molar-refractivity contribution in [3.8, 4) is 0 Å². The topological polar surface area (TPSA) is 100 Å². The lowest BCUT2D eigenvalue weighted by Gasteiger charge is -2.42. The van der Waals surface area contributed by atoms with E-state index in [4.69, 9.17) is 0 Å². The highest BCUT2D eigenvalue weighted by molar-refractivity contribution is 5.92. The zero-order valence-corrected chi connectivity index (χ0v) is 12.6. The van der Waals surface area contributed by atoms with Crippen molar-refractivity contribution in [2.24, 2.45) is 0 Å². The van der Waals surface area contributed by atoms with Gasteiger partial charge in [0.15, 0.2) is 0 Å². The van der Waals surface area contributed by atoms with E-state index in [1.807, 2.05) is 30.3 Å². The molecule has 0 unspecified atom stereocenters. The summed E-state index contributed by atoms with van der Waals surface area (Å²) in [6, 6.07) is 8.17. The molecule has 1 aliphatic heterocycles. The number of nitrogens with zero attached hydrogens (tertiary/aromatic N) is 4. The van der Waals surface area contributed by atoms with E-state index in [0.29, 0.717) is 6.54 Å². The van der Waals surface area contributed by atoms with E-state index in [0.717, 1.165) is 11.4 Å². The smallest absolute Gasteiger partial charge is 0.408 e. The molecule has 1 aromatic carbocycles. The standard InChI is InChI=1S/C15H17N5O3/c1-10-16-9-17-20(10)8-12-13(14(21)18-12)19(15(22)23)7-11-5-3-2-4-6-11/h2-6,9,12-13H,7-8H2,1H3,(H,18,21)(H,22,23)/t12-,13+/m1/s1. The summed E-state index contributed by atoms with van der Waals surface area (Å²) in [5, 5.41) is 16.3. The molecule has 1 aromatic heterocycles. The van der Waals surface area contributed by atoms with E-state index in [1.54, 1.807) is 11.6 Å². The first-order valence-electron chi connectivity index (χ1n) is 7.24. The zero-order valence-electron chi connectivity index (χ0n) is 12.6. The van der Waals surface area contributed by atoms with Gasteiger partial charge in [0.25, 0.3) is 0 Å². The summed E-state index contributed by atoms with van der Waals surface area (Å²) in [6.45, 7) is 2.36. The number of benzene rings is 1. The summed E-state index contributed by atoms with van der Waals surface area (Å²) in [7, 11) is 0. The van der Waals surface area contributed by atoms with Crippen molar-refractivity contribution >= 4 is 12.0 Å². The Balaban J connectivity index is 1.76. The second-order valence-corrected chi connectivity index (χ2v) is 5.45. The average Bonchev–Trinajstić information content (AvgIpc) is 2.92. The van der Waals surface area contributed by atoms with Crippen molar-refractivity contribution in [1.29, 1.82) is 0 Å². The molecule has 8 nitrogen and oxygen atoms in total. The molecule has 8 heteroatoms. The van der Waals surface area contributed by atoms with Gasteiger partial charge < -0.3 is 10.4 Å². The monoisotopic (exact) mass is 315 g/mol. The van der Waals surface area contributed by atoms with Gasteiger partial charge in [0.05, 0.1) is 12.6 Å². The van der Waals surface area contributed by atoms with Crippen LogP contribution in [-0.4, -0.2) is 48.9 Å². The predicted molar refractivity (Wildman–Crippen MR) is 80.5 cm³/mol. The van der Waals surface area contributed by atoms with E-state index in [-0.39, 0.29) is 18.5 Å². The fraction of sp³-hybridized carbons (Fsp3) is 0.333. The van der Waals surface area contributed by atoms with Crippen molar-refractivity contribution in [3.63, 3.8) is 0 Å². The Labute approximate surface area is 132 Å². The summed E-state index contributed by atoms with van der Waals surface area (Å²) in [4.78, 5) is 28.7. The van der Waals surface area contributed by atoms with E-state index in [1.165, 1.54) is 11.2 Å². The lowest BCUT2D eigenvalue weighted by atomic mass is 9.96. The maximum Gasteiger partial charge on any atom is 0.408 e. The Morgan fingerprint density at radius 3 is 2.70 bits per heavy atom. The highest BCUT2D eigenvalue weighted by Gasteiger charge is 2.45. The van der Waals surface area contributed by atoms with Crippen molar-refractivity contribution in [2.45, 2.75) is 32.1 Å². The summed E-state index contributed by atoms with van der Waals surface area (Å²) >= 11 is 0. The number of carbonyl (C=O) groups excluding carboxylic acids is 1. The molecule has 0 spiro atoms. The van der Waals surface area contributed by atoms with Crippen LogP contribution in [0, 0.1) is 6.92 Å². The van der Waals surface area contributed by atoms with Gasteiger partial charge in [0.1, 0.15) is 18.2 Å². The zero-order chi connectivity index (χ0) is 16.4. The minimum absolute atomic E-state index is 0.168. The molecule has 2 atom stereocenters. The number of aryl methyl sites for hydroxylation is 1. The van der Waals surface area contributed by atoms with Crippen molar-refractivity contribution in [1.82, 2.24) is 25.0 Å². The first-order valence-corrected chi connectivity index (χ1v) is 7.24. The Bertz CT molecular complexity index is 715. The molecular weight excluding hydrogens is 298 g/mol. The molecule has 0 aliphatic carbocycles. The predicted octanol–water partition coefficient (Wildman–Crippen LogP) is 0.634. The van der Waals surface area contributed by atoms with Crippen LogP contribution >= 0.6 is 0 Å². The lowest BCUT2D eigenvalue weighted by Crippen LogP contribution is -2.70. The Morgan fingerprint density at radius 1 is 1.39 bits per heavy atom. The number of aromatic nitrogens is 3. The van der Waals surface area contributed by atoms with Crippen LogP contribution in [0.25, 0.3) is 0 Å². The lowest BCUT2D eigenvalue weighted by molar-refractivity contribution is -0.137. The van der Waals surface area contributed by atoms with Crippen LogP contribution in [-0.2, 0) is 17.9 Å². The van der Waals surface area contributed by atoms with Crippen LogP contribution in [0.3, 0.4) is 0 Å². The van der Waals surface area contributed by atoms with Gasteiger partial charge in [-0.1, -0.05) is 30.3 Å². The van der Waals surface area contributed by atoms with Gasteiger partial charge in [-0.3, -0.25) is 9.69 Å². The molecule has 2 N–H and O–H groups in total. The van der Waals surface area contributed by atoms with Crippen LogP contribution in [0.2, 0.25) is 0 Å². The van der Waals surface area contributed by atoms with E-state index >= 15 is 0 Å². The third-order valence-electron chi connectivity index (χ3n) is 3.93. The second kappa shape index (κ2) is 6.07. The molecule has 1 saturated heterocycles. The molecule has 1 fully saturated rings. The minimum Gasteiger partial charge on any atom is -0.465 e. The van der Waals surface area contributed by atoms with Gasteiger partial charge in [0, 0.05) is 6.54 Å². The molecule has 0 saturated carbocycles. The molecule has 2 heterocycles. The number of carbonyl (C=O) groups is 2. The molecule has 23 heavy (non-hydrogen) atoms. The third kappa shape index (κ3) is 3.01. The Kier molecular flexibility index (Phi) is 3.96. The van der Waals surface area contributed by atoms with Crippen molar-refractivity contribution < 1.29 is 14.7 Å². The van der Waals surface area contributed by atoms with Gasteiger partial charge in [-0.25, -0.2) is 14.5 Å². The molecule has 2 aromatic rings. The minimum atomic E-state index is -1.12. The number of rotatable bonds is 5. The molecule has 2 amide bonds. The maximum absolute atomic E-state index is 11.9. The first kappa shape index (κ1) is 15.0. The number of β-lactam (4-membered cyclic amide) rings is 1.